The van der Waals surface area contributed by atoms with Gasteiger partial charge in [-0.15, -0.1) is 28.1 Å². The Morgan fingerprint density at radius 2 is 2.02 bits per heavy atom. The van der Waals surface area contributed by atoms with Crippen molar-refractivity contribution in [3.63, 3.8) is 0 Å². The van der Waals surface area contributed by atoms with Crippen LogP contribution in [0.4, 0.5) is 5.00 Å². The quantitative estimate of drug-likeness (QED) is 0.141. The van der Waals surface area contributed by atoms with E-state index in [2.05, 4.69) is 35.1 Å². The number of nitrogens with one attached hydrogen (secondary N) is 1. The smallest absolute Gasteiger partial charge is 0.235 e. The number of para-hydroxylation sites is 1. The van der Waals surface area contributed by atoms with E-state index in [1.165, 1.54) is 16.6 Å². The molecule has 7 nitrogen and oxygen atoms in total. The van der Waals surface area contributed by atoms with Gasteiger partial charge in [0.15, 0.2) is 11.0 Å². The highest BCUT2D eigenvalue weighted by Gasteiger charge is 2.26. The minimum atomic E-state index is -0.169. The SMILES string of the molecule is C=CCn1c(SCC(=O)Nc2sc3c(c2C#N)CCC(CC)C3)nnc1-c1cc(-c2ccccc2)nc2ccccc12. The van der Waals surface area contributed by atoms with Crippen molar-refractivity contribution in [1.82, 2.24) is 19.7 Å². The van der Waals surface area contributed by atoms with E-state index in [1.54, 1.807) is 17.4 Å². The van der Waals surface area contributed by atoms with Crippen LogP contribution in [0, 0.1) is 17.2 Å². The number of rotatable bonds is 9. The molecule has 3 heterocycles. The van der Waals surface area contributed by atoms with Crippen LogP contribution in [0.2, 0.25) is 0 Å². The summed E-state index contributed by atoms with van der Waals surface area (Å²) in [5.74, 6) is 1.31. The molecule has 210 valence electrons. The second-order valence-electron chi connectivity index (χ2n) is 10.3. The molecule has 0 radical (unpaired) electrons. The number of nitrogens with zero attached hydrogens (tertiary/aromatic N) is 5. The normalized spacial score (nSPS) is 14.3. The van der Waals surface area contributed by atoms with E-state index in [9.17, 15) is 10.1 Å². The highest BCUT2D eigenvalue weighted by Crippen LogP contribution is 2.40. The summed E-state index contributed by atoms with van der Waals surface area (Å²) in [5, 5.41) is 24.2. The summed E-state index contributed by atoms with van der Waals surface area (Å²) in [4.78, 5) is 19.2. The van der Waals surface area contributed by atoms with Crippen LogP contribution < -0.4 is 5.32 Å². The average Bonchev–Trinajstić information content (AvgIpc) is 3.59. The summed E-state index contributed by atoms with van der Waals surface area (Å²) in [6.07, 6.45) is 5.92. The first-order chi connectivity index (χ1) is 20.6. The fourth-order valence-corrected chi connectivity index (χ4v) is 7.58. The Morgan fingerprint density at radius 1 is 1.21 bits per heavy atom. The Labute approximate surface area is 253 Å². The minimum Gasteiger partial charge on any atom is -0.316 e. The Morgan fingerprint density at radius 3 is 2.81 bits per heavy atom. The fraction of sp³-hybridized carbons (Fsp3) is 0.242. The molecule has 0 spiro atoms. The zero-order chi connectivity index (χ0) is 29.1. The number of amides is 1. The Bertz CT molecular complexity index is 1820. The lowest BCUT2D eigenvalue weighted by Crippen LogP contribution is -2.15. The third-order valence-electron chi connectivity index (χ3n) is 7.70. The van der Waals surface area contributed by atoms with E-state index in [0.29, 0.717) is 34.0 Å². The molecule has 0 bridgehead atoms. The fourth-order valence-electron chi connectivity index (χ4n) is 5.51. The molecule has 1 aliphatic rings. The second kappa shape index (κ2) is 12.3. The largest absolute Gasteiger partial charge is 0.316 e. The van der Waals surface area contributed by atoms with Crippen LogP contribution >= 0.6 is 23.1 Å². The lowest BCUT2D eigenvalue weighted by molar-refractivity contribution is -0.113. The van der Waals surface area contributed by atoms with Crippen LogP contribution in [0.25, 0.3) is 33.5 Å². The zero-order valence-electron chi connectivity index (χ0n) is 23.3. The van der Waals surface area contributed by atoms with Gasteiger partial charge >= 0.3 is 0 Å². The summed E-state index contributed by atoms with van der Waals surface area (Å²) < 4.78 is 1.98. The molecule has 0 saturated carbocycles. The van der Waals surface area contributed by atoms with Crippen molar-refractivity contribution in [2.45, 2.75) is 44.3 Å². The molecule has 3 aromatic heterocycles. The molecule has 1 unspecified atom stereocenters. The first-order valence-corrected chi connectivity index (χ1v) is 15.9. The maximum absolute atomic E-state index is 13.1. The van der Waals surface area contributed by atoms with Gasteiger partial charge in [-0.2, -0.15) is 5.26 Å². The van der Waals surface area contributed by atoms with E-state index >= 15 is 0 Å². The number of thioether (sulfide) groups is 1. The van der Waals surface area contributed by atoms with Crippen molar-refractivity contribution in [3.05, 3.63) is 89.3 Å². The van der Waals surface area contributed by atoms with Crippen LogP contribution in [0.3, 0.4) is 0 Å². The van der Waals surface area contributed by atoms with Crippen molar-refractivity contribution in [2.75, 3.05) is 11.1 Å². The summed E-state index contributed by atoms with van der Waals surface area (Å²) in [5.41, 5.74) is 5.39. The van der Waals surface area contributed by atoms with E-state index in [4.69, 9.17) is 4.98 Å². The van der Waals surface area contributed by atoms with Gasteiger partial charge in [0.1, 0.15) is 11.1 Å². The number of pyridine rings is 1. The molecule has 1 aliphatic carbocycles. The van der Waals surface area contributed by atoms with Gasteiger partial charge in [-0.25, -0.2) is 4.98 Å². The molecule has 42 heavy (non-hydrogen) atoms. The number of hydrogen-bond acceptors (Lipinski definition) is 7. The van der Waals surface area contributed by atoms with Crippen LogP contribution in [-0.2, 0) is 24.2 Å². The van der Waals surface area contributed by atoms with Crippen LogP contribution in [0.15, 0.2) is 78.5 Å². The van der Waals surface area contributed by atoms with E-state index in [1.807, 2.05) is 65.2 Å². The van der Waals surface area contributed by atoms with Crippen molar-refractivity contribution in [1.29, 1.82) is 5.26 Å². The van der Waals surface area contributed by atoms with E-state index in [-0.39, 0.29) is 11.7 Å². The van der Waals surface area contributed by atoms with Gasteiger partial charge in [-0.05, 0) is 42.9 Å². The number of nitriles is 1. The lowest BCUT2D eigenvalue weighted by atomic mass is 9.86. The predicted molar refractivity (Wildman–Crippen MR) is 171 cm³/mol. The maximum atomic E-state index is 13.1. The van der Waals surface area contributed by atoms with Gasteiger partial charge in [-0.1, -0.05) is 79.7 Å². The summed E-state index contributed by atoms with van der Waals surface area (Å²) in [6.45, 7) is 6.64. The number of aromatic nitrogens is 4. The Hall–Kier alpha value is -4.26. The lowest BCUT2D eigenvalue weighted by Gasteiger charge is -2.20. The number of carbonyl (C=O) groups excluding carboxylic acids is 1. The molecule has 1 N–H and O–H groups in total. The average molecular weight is 591 g/mol. The molecule has 9 heteroatoms. The number of carbonyl (C=O) groups is 1. The first kappa shape index (κ1) is 27.9. The van der Waals surface area contributed by atoms with Gasteiger partial charge in [0.2, 0.25) is 5.91 Å². The molecule has 1 amide bonds. The first-order valence-electron chi connectivity index (χ1n) is 14.1. The summed E-state index contributed by atoms with van der Waals surface area (Å²) in [7, 11) is 0. The number of hydrogen-bond donors (Lipinski definition) is 1. The highest BCUT2D eigenvalue weighted by atomic mass is 32.2. The second-order valence-corrected chi connectivity index (χ2v) is 12.4. The third kappa shape index (κ3) is 5.48. The van der Waals surface area contributed by atoms with Gasteiger partial charge in [0.25, 0.3) is 0 Å². The van der Waals surface area contributed by atoms with Gasteiger partial charge in [0.05, 0.1) is 22.5 Å². The van der Waals surface area contributed by atoms with Crippen molar-refractivity contribution in [2.24, 2.45) is 5.92 Å². The molecule has 1 atom stereocenters. The number of benzene rings is 2. The maximum Gasteiger partial charge on any atom is 0.235 e. The highest BCUT2D eigenvalue weighted by molar-refractivity contribution is 7.99. The van der Waals surface area contributed by atoms with Gasteiger partial charge in [0, 0.05) is 27.9 Å². The number of thiophene rings is 1. The van der Waals surface area contributed by atoms with Crippen LogP contribution in [-0.4, -0.2) is 31.4 Å². The van der Waals surface area contributed by atoms with Crippen molar-refractivity contribution in [3.8, 4) is 28.7 Å². The van der Waals surface area contributed by atoms with Crippen molar-refractivity contribution >= 4 is 44.9 Å². The Kier molecular flexibility index (Phi) is 8.17. The Balaban J connectivity index is 1.27. The standard InChI is InChI=1S/C33H30N6OS2/c1-3-16-39-31(25-18-28(22-10-6-5-7-11-22)35-27-13-9-8-12-23(25)27)37-38-33(39)41-20-30(40)36-32-26(19-34)24-15-14-21(4-2)17-29(24)42-32/h3,5-13,18,21H,1,4,14-17,20H2,2H3,(H,36,40). The van der Waals surface area contributed by atoms with Gasteiger partial charge < -0.3 is 5.32 Å². The number of anilines is 1. The van der Waals surface area contributed by atoms with Crippen LogP contribution in [0.1, 0.15) is 35.8 Å². The number of allylic oxidation sites excluding steroid dienone is 1. The third-order valence-corrected chi connectivity index (χ3v) is 9.83. The predicted octanol–water partition coefficient (Wildman–Crippen LogP) is 7.53. The topological polar surface area (TPSA) is 96.5 Å². The molecule has 0 fully saturated rings. The van der Waals surface area contributed by atoms with E-state index in [0.717, 1.165) is 59.0 Å². The molecule has 0 saturated heterocycles. The molecular formula is C33H30N6OS2. The van der Waals surface area contributed by atoms with Crippen molar-refractivity contribution < 1.29 is 4.79 Å². The molecule has 6 rings (SSSR count). The summed E-state index contributed by atoms with van der Waals surface area (Å²) in [6, 6.07) is 22.5. The minimum absolute atomic E-state index is 0.145. The summed E-state index contributed by atoms with van der Waals surface area (Å²) >= 11 is 2.88. The van der Waals surface area contributed by atoms with Gasteiger partial charge in [-0.3, -0.25) is 9.36 Å². The zero-order valence-corrected chi connectivity index (χ0v) is 25.0. The molecule has 5 aromatic rings. The molecular weight excluding hydrogens is 561 g/mol. The van der Waals surface area contributed by atoms with E-state index < -0.39 is 0 Å². The van der Waals surface area contributed by atoms with Crippen LogP contribution in [0.5, 0.6) is 0 Å². The molecule has 2 aromatic carbocycles. The number of fused-ring (bicyclic) bond motifs is 2. The monoisotopic (exact) mass is 590 g/mol. The molecule has 0 aliphatic heterocycles.